The molecule has 23 nitrogen and oxygen atoms in total. The summed E-state index contributed by atoms with van der Waals surface area (Å²) in [6.45, 7) is 2.26. The molecule has 0 saturated heterocycles. The number of sulfone groups is 1. The first kappa shape index (κ1) is 53.9. The van der Waals surface area contributed by atoms with Gasteiger partial charge in [0.15, 0.2) is 9.84 Å². The van der Waals surface area contributed by atoms with Gasteiger partial charge < -0.3 is 68.1 Å². The Hall–Kier alpha value is -5.08. The summed E-state index contributed by atoms with van der Waals surface area (Å²) in [6.07, 6.45) is -2.89. The largest absolute Gasteiger partial charge is 0.480 e. The number of rotatable bonds is 28. The van der Waals surface area contributed by atoms with Crippen molar-refractivity contribution in [2.45, 2.75) is 94.9 Å². The van der Waals surface area contributed by atoms with E-state index in [-0.39, 0.29) is 36.9 Å². The van der Waals surface area contributed by atoms with Crippen LogP contribution in [0.2, 0.25) is 0 Å². The molecule has 61 heavy (non-hydrogen) atoms. The highest BCUT2D eigenvalue weighted by atomic mass is 32.2. The Morgan fingerprint density at radius 3 is 1.77 bits per heavy atom. The molecule has 0 aliphatic rings. The van der Waals surface area contributed by atoms with Gasteiger partial charge in [0.1, 0.15) is 42.9 Å². The number of aliphatic hydroxyl groups excluding tert-OH is 3. The molecule has 8 atom stereocenters. The smallest absolute Gasteiger partial charge is 0.407 e. The second-order valence-electron chi connectivity index (χ2n) is 13.8. The minimum atomic E-state index is -3.47. The number of benzene rings is 1. The lowest BCUT2D eigenvalue weighted by molar-refractivity contribution is -0.142. The molecule has 13 N–H and O–H groups in total. The zero-order valence-corrected chi connectivity index (χ0v) is 35.9. The number of nitrogens with one attached hydrogen (secondary N) is 7. The summed E-state index contributed by atoms with van der Waals surface area (Å²) >= 11 is 0.970. The van der Waals surface area contributed by atoms with E-state index in [9.17, 15) is 67.2 Å². The number of hydrogen-bond donors (Lipinski definition) is 12. The number of unbranched alkanes of at least 4 members (excludes halogenated alkanes) is 1. The van der Waals surface area contributed by atoms with Crippen LogP contribution in [-0.2, 0) is 54.6 Å². The minimum absolute atomic E-state index is 0.00185. The molecule has 0 bridgehead atoms. The van der Waals surface area contributed by atoms with E-state index in [0.29, 0.717) is 18.4 Å². The zero-order chi connectivity index (χ0) is 46.3. The van der Waals surface area contributed by atoms with Gasteiger partial charge in [0.2, 0.25) is 35.4 Å². The number of aliphatic hydroxyl groups is 3. The van der Waals surface area contributed by atoms with Crippen LogP contribution in [0.3, 0.4) is 0 Å². The molecule has 0 aliphatic carbocycles. The molecule has 7 amide bonds. The van der Waals surface area contributed by atoms with Crippen molar-refractivity contribution in [2.75, 3.05) is 43.4 Å². The highest BCUT2D eigenvalue weighted by molar-refractivity contribution is 7.99. The molecule has 0 radical (unpaired) electrons. The molecule has 1 aromatic rings. The molecule has 1 rings (SSSR count). The number of amides is 7. The Balaban J connectivity index is 3.26. The first-order chi connectivity index (χ1) is 28.6. The van der Waals surface area contributed by atoms with E-state index in [4.69, 9.17) is 10.5 Å². The number of alkyl carbamates (subject to hydrolysis) is 1. The normalized spacial score (nSPS) is 15.1. The summed E-state index contributed by atoms with van der Waals surface area (Å²) in [7, 11) is -3.47. The Bertz CT molecular complexity index is 1740. The summed E-state index contributed by atoms with van der Waals surface area (Å²) in [4.78, 5) is 102. The van der Waals surface area contributed by atoms with E-state index < -0.39 is 119 Å². The molecular weight excluding hydrogens is 849 g/mol. The third-order valence-corrected chi connectivity index (χ3v) is 10.2. The Morgan fingerprint density at radius 1 is 0.754 bits per heavy atom. The number of carbonyl (C=O) groups excluding carboxylic acids is 7. The van der Waals surface area contributed by atoms with Crippen molar-refractivity contribution < 1.29 is 71.9 Å². The Kier molecular flexibility index (Phi) is 24.5. The van der Waals surface area contributed by atoms with Crippen LogP contribution in [0.15, 0.2) is 30.3 Å². The molecule has 25 heteroatoms. The molecule has 0 aromatic heterocycles. The van der Waals surface area contributed by atoms with Crippen LogP contribution in [-0.4, -0.2) is 168 Å². The van der Waals surface area contributed by atoms with E-state index in [2.05, 4.69) is 37.2 Å². The van der Waals surface area contributed by atoms with Gasteiger partial charge in [0.05, 0.1) is 30.4 Å². The van der Waals surface area contributed by atoms with E-state index in [0.717, 1.165) is 31.9 Å². The minimum Gasteiger partial charge on any atom is -0.480 e. The van der Waals surface area contributed by atoms with Gasteiger partial charge in [0, 0.05) is 25.4 Å². The maximum absolute atomic E-state index is 13.8. The average Bonchev–Trinajstić information content (AvgIpc) is 3.17. The molecule has 1 aromatic carbocycles. The van der Waals surface area contributed by atoms with E-state index >= 15 is 0 Å². The first-order valence-corrected chi connectivity index (χ1v) is 22.2. The van der Waals surface area contributed by atoms with Crippen LogP contribution in [0.5, 0.6) is 0 Å². The standard InChI is InChI=1S/C36H58N8O15S2/c1-20(46)28(43-30(49)24(12-8-9-13-37)42-36(56)59-14-15-61(4,57)58)33(52)39-25(16-23-10-6-5-7-11-23)31(50)44-29(21(2)47)34(53)40-26(17-45)32(51)41-27(35(54)55)18-60-19-38-22(3)48/h5-7,10-11,20-21,24-29,45-47H,8-9,12-19,37H2,1-4H3,(H,38,48)(H,39,52)(H,40,53)(H,41,51)(H,42,56)(H,43,49)(H,44,50)(H,54,55)/t20-,21-,24+,25+,26+,27+,28+,29+/m1/s1. The molecule has 0 heterocycles. The van der Waals surface area contributed by atoms with Crippen molar-refractivity contribution in [1.29, 1.82) is 0 Å². The van der Waals surface area contributed by atoms with Crippen molar-refractivity contribution in [2.24, 2.45) is 5.73 Å². The SMILES string of the molecule is CC(=O)NCSC[C@H](NC(=O)[C@H](CO)NC(=O)[C@@H](NC(=O)[C@H](Cc1ccccc1)NC(=O)[C@@H](NC(=O)[C@H](CCCCN)NC(=O)OCCS(C)(=O)=O)[C@@H](C)O)[C@@H](C)O)C(=O)O. The second kappa shape index (κ2) is 27.7. The van der Waals surface area contributed by atoms with Crippen molar-refractivity contribution in [1.82, 2.24) is 37.2 Å². The third-order valence-electron chi connectivity index (χ3n) is 8.42. The maximum Gasteiger partial charge on any atom is 0.407 e. The molecule has 0 fully saturated rings. The fourth-order valence-electron chi connectivity index (χ4n) is 5.10. The number of nitrogens with two attached hydrogens (primary N) is 1. The van der Waals surface area contributed by atoms with Gasteiger partial charge in [-0.15, -0.1) is 11.8 Å². The van der Waals surface area contributed by atoms with Crippen LogP contribution in [0, 0.1) is 0 Å². The van der Waals surface area contributed by atoms with E-state index in [1.807, 2.05) is 0 Å². The van der Waals surface area contributed by atoms with Gasteiger partial charge in [-0.3, -0.25) is 28.8 Å². The van der Waals surface area contributed by atoms with Crippen LogP contribution >= 0.6 is 11.8 Å². The van der Waals surface area contributed by atoms with Gasteiger partial charge in [-0.25, -0.2) is 18.0 Å². The molecular formula is C36H58N8O15S2. The second-order valence-corrected chi connectivity index (χ2v) is 17.1. The number of carboxylic acids is 1. The highest BCUT2D eigenvalue weighted by Crippen LogP contribution is 2.09. The van der Waals surface area contributed by atoms with Gasteiger partial charge in [-0.05, 0) is 45.2 Å². The van der Waals surface area contributed by atoms with Gasteiger partial charge in [-0.2, -0.15) is 0 Å². The number of carbonyl (C=O) groups is 8. The number of thioether (sulfide) groups is 1. The van der Waals surface area contributed by atoms with Crippen LogP contribution in [0.25, 0.3) is 0 Å². The average molecular weight is 907 g/mol. The molecule has 0 saturated carbocycles. The van der Waals surface area contributed by atoms with Crippen LogP contribution in [0.1, 0.15) is 45.6 Å². The highest BCUT2D eigenvalue weighted by Gasteiger charge is 2.36. The number of hydrogen-bond acceptors (Lipinski definition) is 16. The fourth-order valence-corrected chi connectivity index (χ4v) is 6.37. The van der Waals surface area contributed by atoms with Crippen molar-refractivity contribution >= 4 is 69.1 Å². The number of aliphatic carboxylic acids is 1. The monoisotopic (exact) mass is 906 g/mol. The topological polar surface area (TPSA) is 371 Å². The first-order valence-electron chi connectivity index (χ1n) is 19.0. The van der Waals surface area contributed by atoms with Gasteiger partial charge in [0.25, 0.3) is 0 Å². The summed E-state index contributed by atoms with van der Waals surface area (Å²) in [5.41, 5.74) is 6.06. The Morgan fingerprint density at radius 2 is 1.28 bits per heavy atom. The molecule has 0 unspecified atom stereocenters. The van der Waals surface area contributed by atoms with E-state index in [1.54, 1.807) is 30.3 Å². The third kappa shape index (κ3) is 21.8. The van der Waals surface area contributed by atoms with E-state index in [1.165, 1.54) is 6.92 Å². The zero-order valence-electron chi connectivity index (χ0n) is 34.3. The predicted octanol–water partition coefficient (Wildman–Crippen LogP) is -4.41. The lowest BCUT2D eigenvalue weighted by Crippen LogP contribution is -2.63. The summed E-state index contributed by atoms with van der Waals surface area (Å²) < 4.78 is 27.7. The van der Waals surface area contributed by atoms with Crippen molar-refractivity contribution in [3.63, 3.8) is 0 Å². The van der Waals surface area contributed by atoms with Crippen LogP contribution < -0.4 is 43.0 Å². The lowest BCUT2D eigenvalue weighted by atomic mass is 10.0. The molecule has 344 valence electrons. The Labute approximate surface area is 357 Å². The van der Waals surface area contributed by atoms with Gasteiger partial charge >= 0.3 is 12.1 Å². The predicted molar refractivity (Wildman–Crippen MR) is 220 cm³/mol. The lowest BCUT2D eigenvalue weighted by Gasteiger charge is -2.28. The van der Waals surface area contributed by atoms with Gasteiger partial charge in [-0.1, -0.05) is 30.3 Å². The summed E-state index contributed by atoms with van der Waals surface area (Å²) in [5.74, 6) is -7.87. The summed E-state index contributed by atoms with van der Waals surface area (Å²) in [5, 5.41) is 56.7. The van der Waals surface area contributed by atoms with Crippen molar-refractivity contribution in [3.05, 3.63) is 35.9 Å². The summed E-state index contributed by atoms with van der Waals surface area (Å²) in [6, 6.07) is -1.53. The van der Waals surface area contributed by atoms with Crippen LogP contribution in [0.4, 0.5) is 4.79 Å². The quantitative estimate of drug-likeness (QED) is 0.0279. The molecule has 0 aliphatic heterocycles. The number of carboxylic acid groups (broad SMARTS) is 1. The molecule has 0 spiro atoms. The number of ether oxygens (including phenoxy) is 1. The maximum atomic E-state index is 13.8. The van der Waals surface area contributed by atoms with Crippen molar-refractivity contribution in [3.8, 4) is 0 Å². The fraction of sp³-hybridized carbons (Fsp3) is 0.611.